The van der Waals surface area contributed by atoms with Crippen LogP contribution < -0.4 is 5.32 Å². The van der Waals surface area contributed by atoms with Crippen LogP contribution in [0.3, 0.4) is 0 Å². The lowest BCUT2D eigenvalue weighted by atomic mass is 10.3. The summed E-state index contributed by atoms with van der Waals surface area (Å²) in [4.78, 5) is 8.62. The number of aromatic nitrogens is 2. The predicted octanol–water partition coefficient (Wildman–Crippen LogP) is 2.48. The van der Waals surface area contributed by atoms with Crippen molar-refractivity contribution in [1.82, 2.24) is 9.97 Å². The van der Waals surface area contributed by atoms with Crippen LogP contribution in [0.5, 0.6) is 0 Å². The highest BCUT2D eigenvalue weighted by atomic mass is 16.3. The molecule has 2 heterocycles. The topological polar surface area (TPSA) is 51.0 Å². The molecular formula is C11H13N3O. The molecule has 2 rings (SSSR count). The van der Waals surface area contributed by atoms with Crippen molar-refractivity contribution in [2.45, 2.75) is 13.8 Å². The molecule has 15 heavy (non-hydrogen) atoms. The lowest BCUT2D eigenvalue weighted by molar-refractivity contribution is 0.580. The highest BCUT2D eigenvalue weighted by Gasteiger charge is 2.05. The molecule has 0 aliphatic rings. The predicted molar refractivity (Wildman–Crippen MR) is 58.6 cm³/mol. The van der Waals surface area contributed by atoms with E-state index >= 15 is 0 Å². The minimum absolute atomic E-state index is 0.643. The second kappa shape index (κ2) is 4.13. The fourth-order valence-electron chi connectivity index (χ4n) is 1.36. The standard InChI is InChI=1S/C11H13N3O/c1-3-12-11-13-8(2)7-9(14-11)10-5-4-6-15-10/h4-7H,3H2,1-2H3,(H,12,13,14). The summed E-state index contributed by atoms with van der Waals surface area (Å²) in [7, 11) is 0. The zero-order valence-corrected chi connectivity index (χ0v) is 8.82. The van der Waals surface area contributed by atoms with Gasteiger partial charge in [-0.2, -0.15) is 0 Å². The molecular weight excluding hydrogens is 190 g/mol. The van der Waals surface area contributed by atoms with Gasteiger partial charge in [-0.05, 0) is 32.0 Å². The average Bonchev–Trinajstić information content (AvgIpc) is 2.70. The summed E-state index contributed by atoms with van der Waals surface area (Å²) < 4.78 is 5.29. The Morgan fingerprint density at radius 2 is 2.27 bits per heavy atom. The molecule has 0 saturated heterocycles. The molecule has 2 aromatic heterocycles. The fourth-order valence-corrected chi connectivity index (χ4v) is 1.36. The Morgan fingerprint density at radius 3 is 2.93 bits per heavy atom. The number of hydrogen-bond donors (Lipinski definition) is 1. The van der Waals surface area contributed by atoms with E-state index in [9.17, 15) is 0 Å². The molecule has 0 aliphatic carbocycles. The first-order valence-electron chi connectivity index (χ1n) is 4.93. The van der Waals surface area contributed by atoms with Crippen molar-refractivity contribution >= 4 is 5.95 Å². The van der Waals surface area contributed by atoms with E-state index in [0.29, 0.717) is 5.95 Å². The fraction of sp³-hybridized carbons (Fsp3) is 0.273. The van der Waals surface area contributed by atoms with Gasteiger partial charge in [0.25, 0.3) is 0 Å². The second-order valence-corrected chi connectivity index (χ2v) is 3.23. The third-order valence-corrected chi connectivity index (χ3v) is 1.96. The van der Waals surface area contributed by atoms with Crippen molar-refractivity contribution in [3.63, 3.8) is 0 Å². The molecule has 2 aromatic rings. The van der Waals surface area contributed by atoms with E-state index in [4.69, 9.17) is 4.42 Å². The molecule has 4 nitrogen and oxygen atoms in total. The van der Waals surface area contributed by atoms with Crippen molar-refractivity contribution in [1.29, 1.82) is 0 Å². The Hall–Kier alpha value is -1.84. The van der Waals surface area contributed by atoms with Crippen LogP contribution in [0.2, 0.25) is 0 Å². The first-order chi connectivity index (χ1) is 7.29. The van der Waals surface area contributed by atoms with Crippen LogP contribution in [0.15, 0.2) is 28.9 Å². The molecule has 0 atom stereocenters. The highest BCUT2D eigenvalue weighted by molar-refractivity contribution is 5.54. The van der Waals surface area contributed by atoms with Gasteiger partial charge in [-0.25, -0.2) is 9.97 Å². The summed E-state index contributed by atoms with van der Waals surface area (Å²) in [5, 5.41) is 3.09. The van der Waals surface area contributed by atoms with Crippen LogP contribution in [0, 0.1) is 6.92 Å². The van der Waals surface area contributed by atoms with Gasteiger partial charge in [0.05, 0.1) is 6.26 Å². The van der Waals surface area contributed by atoms with Crippen LogP contribution in [0.4, 0.5) is 5.95 Å². The summed E-state index contributed by atoms with van der Waals surface area (Å²) in [6, 6.07) is 5.64. The number of hydrogen-bond acceptors (Lipinski definition) is 4. The monoisotopic (exact) mass is 203 g/mol. The lowest BCUT2D eigenvalue weighted by Crippen LogP contribution is -2.03. The van der Waals surface area contributed by atoms with E-state index in [2.05, 4.69) is 15.3 Å². The smallest absolute Gasteiger partial charge is 0.223 e. The van der Waals surface area contributed by atoms with Gasteiger partial charge in [0.2, 0.25) is 5.95 Å². The Kier molecular flexibility index (Phi) is 2.67. The van der Waals surface area contributed by atoms with E-state index in [-0.39, 0.29) is 0 Å². The van der Waals surface area contributed by atoms with Crippen LogP contribution in [0.25, 0.3) is 11.5 Å². The van der Waals surface area contributed by atoms with Crippen LogP contribution in [-0.4, -0.2) is 16.5 Å². The first kappa shape index (κ1) is 9.71. The largest absolute Gasteiger partial charge is 0.463 e. The van der Waals surface area contributed by atoms with Gasteiger partial charge >= 0.3 is 0 Å². The van der Waals surface area contributed by atoms with Gasteiger partial charge in [0, 0.05) is 12.2 Å². The van der Waals surface area contributed by atoms with Gasteiger partial charge in [-0.15, -0.1) is 0 Å². The van der Waals surface area contributed by atoms with Gasteiger partial charge in [-0.3, -0.25) is 0 Å². The maximum atomic E-state index is 5.29. The van der Waals surface area contributed by atoms with Gasteiger partial charge in [0.15, 0.2) is 5.76 Å². The summed E-state index contributed by atoms with van der Waals surface area (Å²) in [5.41, 5.74) is 1.73. The van der Waals surface area contributed by atoms with Crippen molar-refractivity contribution in [3.05, 3.63) is 30.2 Å². The molecule has 0 bridgehead atoms. The normalized spacial score (nSPS) is 10.3. The number of rotatable bonds is 3. The van der Waals surface area contributed by atoms with Crippen LogP contribution in [-0.2, 0) is 0 Å². The van der Waals surface area contributed by atoms with E-state index in [1.54, 1.807) is 6.26 Å². The van der Waals surface area contributed by atoms with Gasteiger partial charge < -0.3 is 9.73 Å². The molecule has 78 valence electrons. The van der Waals surface area contributed by atoms with E-state index < -0.39 is 0 Å². The van der Waals surface area contributed by atoms with Crippen molar-refractivity contribution in [3.8, 4) is 11.5 Å². The SMILES string of the molecule is CCNc1nc(C)cc(-c2ccco2)n1. The number of furan rings is 1. The third kappa shape index (κ3) is 2.15. The molecule has 0 spiro atoms. The Morgan fingerprint density at radius 1 is 1.40 bits per heavy atom. The highest BCUT2D eigenvalue weighted by Crippen LogP contribution is 2.19. The average molecular weight is 203 g/mol. The minimum atomic E-state index is 0.643. The summed E-state index contributed by atoms with van der Waals surface area (Å²) in [6.45, 7) is 4.76. The van der Waals surface area contributed by atoms with E-state index in [0.717, 1.165) is 23.7 Å². The van der Waals surface area contributed by atoms with E-state index in [1.807, 2.05) is 32.0 Å². The molecule has 0 amide bonds. The van der Waals surface area contributed by atoms with Crippen molar-refractivity contribution < 1.29 is 4.42 Å². The van der Waals surface area contributed by atoms with E-state index in [1.165, 1.54) is 0 Å². The van der Waals surface area contributed by atoms with Crippen LogP contribution in [0.1, 0.15) is 12.6 Å². The quantitative estimate of drug-likeness (QED) is 0.832. The maximum absolute atomic E-state index is 5.29. The Labute approximate surface area is 88.4 Å². The molecule has 0 aromatic carbocycles. The number of anilines is 1. The number of nitrogens with one attached hydrogen (secondary N) is 1. The van der Waals surface area contributed by atoms with Crippen molar-refractivity contribution in [2.75, 3.05) is 11.9 Å². The summed E-state index contributed by atoms with van der Waals surface area (Å²) >= 11 is 0. The van der Waals surface area contributed by atoms with Gasteiger partial charge in [0.1, 0.15) is 5.69 Å². The summed E-state index contributed by atoms with van der Waals surface area (Å²) in [5.74, 6) is 1.41. The van der Waals surface area contributed by atoms with Gasteiger partial charge in [-0.1, -0.05) is 0 Å². The molecule has 0 radical (unpaired) electrons. The lowest BCUT2D eigenvalue weighted by Gasteiger charge is -2.04. The molecule has 0 aliphatic heterocycles. The number of nitrogens with zero attached hydrogens (tertiary/aromatic N) is 2. The van der Waals surface area contributed by atoms with Crippen molar-refractivity contribution in [2.24, 2.45) is 0 Å². The maximum Gasteiger partial charge on any atom is 0.223 e. The third-order valence-electron chi connectivity index (χ3n) is 1.96. The molecule has 0 fully saturated rings. The molecule has 4 heteroatoms. The summed E-state index contributed by atoms with van der Waals surface area (Å²) in [6.07, 6.45) is 1.64. The Balaban J connectivity index is 2.40. The number of aryl methyl sites for hydroxylation is 1. The minimum Gasteiger partial charge on any atom is -0.463 e. The molecule has 0 unspecified atom stereocenters. The molecule has 0 saturated carbocycles. The Bertz CT molecular complexity index is 437. The molecule has 1 N–H and O–H groups in total. The zero-order chi connectivity index (χ0) is 10.7. The first-order valence-corrected chi connectivity index (χ1v) is 4.93. The second-order valence-electron chi connectivity index (χ2n) is 3.23. The zero-order valence-electron chi connectivity index (χ0n) is 8.82. The van der Waals surface area contributed by atoms with Crippen LogP contribution >= 0.6 is 0 Å².